The number of aliphatic imine (C=N–C) groups is 1. The standard InChI is InChI=1S/C24H26N2OS/c1-17-14-18(8-13-23(17)27-2)15-25-24-26-22(16-28-24)21-11-9-20(10-12-21)19-6-4-3-5-7-19/h8-16,19H,3-7H2,1-2H3. The van der Waals surface area contributed by atoms with Crippen molar-refractivity contribution in [3.63, 3.8) is 0 Å². The van der Waals surface area contributed by atoms with Gasteiger partial charge in [-0.05, 0) is 60.6 Å². The number of aromatic nitrogens is 1. The number of nitrogens with zero attached hydrogens (tertiary/aromatic N) is 2. The Morgan fingerprint density at radius 2 is 1.86 bits per heavy atom. The molecule has 28 heavy (non-hydrogen) atoms. The highest BCUT2D eigenvalue weighted by Gasteiger charge is 2.15. The average Bonchev–Trinajstić information content (AvgIpc) is 3.22. The summed E-state index contributed by atoms with van der Waals surface area (Å²) in [6.45, 7) is 2.04. The third-order valence-corrected chi connectivity index (χ3v) is 6.27. The SMILES string of the molecule is COc1ccc(C=Nc2nc(-c3ccc(C4CCCCC4)cc3)cs2)cc1C. The second kappa shape index (κ2) is 8.70. The second-order valence-corrected chi connectivity index (χ2v) is 8.30. The molecule has 0 radical (unpaired) electrons. The van der Waals surface area contributed by atoms with Gasteiger partial charge in [-0.25, -0.2) is 9.98 Å². The molecule has 0 aliphatic heterocycles. The minimum absolute atomic E-state index is 0.742. The Balaban J connectivity index is 1.45. The molecule has 0 atom stereocenters. The van der Waals surface area contributed by atoms with Crippen LogP contribution in [-0.2, 0) is 0 Å². The highest BCUT2D eigenvalue weighted by atomic mass is 32.1. The summed E-state index contributed by atoms with van der Waals surface area (Å²) in [5, 5.41) is 2.86. The van der Waals surface area contributed by atoms with E-state index in [1.165, 1.54) is 37.7 Å². The lowest BCUT2D eigenvalue weighted by atomic mass is 9.84. The Morgan fingerprint density at radius 3 is 2.57 bits per heavy atom. The van der Waals surface area contributed by atoms with Crippen LogP contribution in [-0.4, -0.2) is 18.3 Å². The van der Waals surface area contributed by atoms with E-state index in [2.05, 4.69) is 45.7 Å². The lowest BCUT2D eigenvalue weighted by molar-refractivity contribution is 0.411. The van der Waals surface area contributed by atoms with Crippen molar-refractivity contribution in [1.29, 1.82) is 0 Å². The molecule has 3 aromatic rings. The maximum atomic E-state index is 5.31. The summed E-state index contributed by atoms with van der Waals surface area (Å²) in [5.41, 5.74) is 5.79. The van der Waals surface area contributed by atoms with Crippen molar-refractivity contribution in [3.05, 3.63) is 64.5 Å². The number of hydrogen-bond acceptors (Lipinski definition) is 4. The van der Waals surface area contributed by atoms with E-state index in [1.54, 1.807) is 18.4 Å². The predicted molar refractivity (Wildman–Crippen MR) is 118 cm³/mol. The Morgan fingerprint density at radius 1 is 1.07 bits per heavy atom. The molecule has 1 aromatic heterocycles. The third kappa shape index (κ3) is 4.33. The molecule has 0 saturated heterocycles. The van der Waals surface area contributed by atoms with Crippen molar-refractivity contribution in [2.45, 2.75) is 44.9 Å². The first-order valence-corrected chi connectivity index (χ1v) is 10.9. The number of hydrogen-bond donors (Lipinski definition) is 0. The van der Waals surface area contributed by atoms with Crippen LogP contribution in [0, 0.1) is 6.92 Å². The van der Waals surface area contributed by atoms with E-state index in [4.69, 9.17) is 4.74 Å². The molecule has 1 fully saturated rings. The van der Waals surface area contributed by atoms with Crippen molar-refractivity contribution < 1.29 is 4.74 Å². The first kappa shape index (κ1) is 18.9. The Labute approximate surface area is 171 Å². The average molecular weight is 391 g/mol. The van der Waals surface area contributed by atoms with Gasteiger partial charge in [-0.3, -0.25) is 0 Å². The molecule has 144 valence electrons. The van der Waals surface area contributed by atoms with E-state index in [0.29, 0.717) is 0 Å². The van der Waals surface area contributed by atoms with E-state index in [-0.39, 0.29) is 0 Å². The molecular weight excluding hydrogens is 364 g/mol. The van der Waals surface area contributed by atoms with Gasteiger partial charge in [0.2, 0.25) is 5.13 Å². The fourth-order valence-corrected chi connectivity index (χ4v) is 4.60. The number of thiazole rings is 1. The van der Waals surface area contributed by atoms with Crippen LogP contribution in [0.15, 0.2) is 52.8 Å². The van der Waals surface area contributed by atoms with Crippen LogP contribution >= 0.6 is 11.3 Å². The Hall–Kier alpha value is -2.46. The van der Waals surface area contributed by atoms with E-state index in [9.17, 15) is 0 Å². The van der Waals surface area contributed by atoms with Crippen LogP contribution in [0.3, 0.4) is 0 Å². The summed E-state index contributed by atoms with van der Waals surface area (Å²) < 4.78 is 5.31. The maximum Gasteiger partial charge on any atom is 0.209 e. The zero-order valence-corrected chi connectivity index (χ0v) is 17.3. The summed E-state index contributed by atoms with van der Waals surface area (Å²) in [4.78, 5) is 9.24. The van der Waals surface area contributed by atoms with Crippen molar-refractivity contribution in [2.75, 3.05) is 7.11 Å². The number of methoxy groups -OCH3 is 1. The molecule has 0 bridgehead atoms. The summed E-state index contributed by atoms with van der Waals surface area (Å²) in [5.74, 6) is 1.64. The van der Waals surface area contributed by atoms with Crippen LogP contribution in [0.1, 0.15) is 54.7 Å². The van der Waals surface area contributed by atoms with Gasteiger partial charge in [0.1, 0.15) is 5.75 Å². The van der Waals surface area contributed by atoms with Crippen LogP contribution in [0.4, 0.5) is 5.13 Å². The van der Waals surface area contributed by atoms with E-state index in [1.807, 2.05) is 25.3 Å². The minimum Gasteiger partial charge on any atom is -0.496 e. The summed E-state index contributed by atoms with van der Waals surface area (Å²) in [6.07, 6.45) is 8.66. The lowest BCUT2D eigenvalue weighted by Crippen LogP contribution is -2.04. The highest BCUT2D eigenvalue weighted by Crippen LogP contribution is 2.34. The first-order valence-electron chi connectivity index (χ1n) is 9.97. The van der Waals surface area contributed by atoms with Gasteiger partial charge in [0.25, 0.3) is 0 Å². The molecule has 0 N–H and O–H groups in total. The van der Waals surface area contributed by atoms with Gasteiger partial charge >= 0.3 is 0 Å². The topological polar surface area (TPSA) is 34.5 Å². The molecule has 0 spiro atoms. The number of aryl methyl sites for hydroxylation is 1. The van der Waals surface area contributed by atoms with Crippen LogP contribution in [0.25, 0.3) is 11.3 Å². The fourth-order valence-electron chi connectivity index (χ4n) is 3.93. The van der Waals surface area contributed by atoms with Gasteiger partial charge < -0.3 is 4.74 Å². The number of rotatable bonds is 5. The molecule has 1 aliphatic carbocycles. The fraction of sp³-hybridized carbons (Fsp3) is 0.333. The highest BCUT2D eigenvalue weighted by molar-refractivity contribution is 7.13. The monoisotopic (exact) mass is 390 g/mol. The lowest BCUT2D eigenvalue weighted by Gasteiger charge is -2.22. The van der Waals surface area contributed by atoms with Gasteiger partial charge in [-0.15, -0.1) is 11.3 Å². The molecule has 0 amide bonds. The smallest absolute Gasteiger partial charge is 0.209 e. The zero-order valence-electron chi connectivity index (χ0n) is 16.5. The zero-order chi connectivity index (χ0) is 19.3. The predicted octanol–water partition coefficient (Wildman–Crippen LogP) is 6.93. The molecule has 1 saturated carbocycles. The molecular formula is C24H26N2OS. The first-order chi connectivity index (χ1) is 13.7. The number of benzene rings is 2. The molecule has 2 aromatic carbocycles. The Bertz CT molecular complexity index is 953. The minimum atomic E-state index is 0.742. The molecule has 0 unspecified atom stereocenters. The van der Waals surface area contributed by atoms with E-state index in [0.717, 1.165) is 39.2 Å². The number of ether oxygens (including phenoxy) is 1. The van der Waals surface area contributed by atoms with Gasteiger partial charge in [0, 0.05) is 17.2 Å². The van der Waals surface area contributed by atoms with Crippen molar-refractivity contribution in [1.82, 2.24) is 4.98 Å². The molecule has 4 rings (SSSR count). The second-order valence-electron chi connectivity index (χ2n) is 7.46. The van der Waals surface area contributed by atoms with E-state index >= 15 is 0 Å². The normalized spacial score (nSPS) is 15.2. The van der Waals surface area contributed by atoms with Crippen LogP contribution in [0.5, 0.6) is 5.75 Å². The van der Waals surface area contributed by atoms with Gasteiger partial charge in [-0.2, -0.15) is 0 Å². The maximum absolute atomic E-state index is 5.31. The molecule has 1 aliphatic rings. The Kier molecular flexibility index (Phi) is 5.87. The van der Waals surface area contributed by atoms with Crippen molar-refractivity contribution >= 4 is 22.7 Å². The van der Waals surface area contributed by atoms with Crippen LogP contribution < -0.4 is 4.74 Å². The van der Waals surface area contributed by atoms with Crippen LogP contribution in [0.2, 0.25) is 0 Å². The molecule has 4 heteroatoms. The summed E-state index contributed by atoms with van der Waals surface area (Å²) in [6, 6.07) is 15.0. The van der Waals surface area contributed by atoms with E-state index < -0.39 is 0 Å². The largest absolute Gasteiger partial charge is 0.496 e. The molecule has 3 nitrogen and oxygen atoms in total. The van der Waals surface area contributed by atoms with Crippen molar-refractivity contribution in [3.8, 4) is 17.0 Å². The van der Waals surface area contributed by atoms with Gasteiger partial charge in [-0.1, -0.05) is 43.5 Å². The third-order valence-electron chi connectivity index (χ3n) is 5.52. The quantitative estimate of drug-likeness (QED) is 0.443. The van der Waals surface area contributed by atoms with Crippen molar-refractivity contribution in [2.24, 2.45) is 4.99 Å². The van der Waals surface area contributed by atoms with Gasteiger partial charge in [0.15, 0.2) is 0 Å². The van der Waals surface area contributed by atoms with Gasteiger partial charge in [0.05, 0.1) is 12.8 Å². The molecule has 1 heterocycles. The summed E-state index contributed by atoms with van der Waals surface area (Å²) in [7, 11) is 1.69. The summed E-state index contributed by atoms with van der Waals surface area (Å²) >= 11 is 1.57.